The van der Waals surface area contributed by atoms with E-state index in [0.29, 0.717) is 17.9 Å². The van der Waals surface area contributed by atoms with E-state index in [2.05, 4.69) is 30.8 Å². The van der Waals surface area contributed by atoms with E-state index in [1.165, 1.54) is 17.7 Å². The molecule has 0 fully saturated rings. The predicted molar refractivity (Wildman–Crippen MR) is 81.4 cm³/mol. The Hall–Kier alpha value is -2.09. The largest absolute Gasteiger partial charge is 0.493 e. The van der Waals surface area contributed by atoms with E-state index in [9.17, 15) is 4.39 Å². The first-order valence-corrected chi connectivity index (χ1v) is 6.88. The number of benzene rings is 2. The average molecular weight is 270 g/mol. The molecule has 0 amide bonds. The number of hydrogen-bond acceptors (Lipinski definition) is 1. The monoisotopic (exact) mass is 270 g/mol. The van der Waals surface area contributed by atoms with Gasteiger partial charge in [0.25, 0.3) is 0 Å². The van der Waals surface area contributed by atoms with Crippen molar-refractivity contribution in [3.63, 3.8) is 0 Å². The summed E-state index contributed by atoms with van der Waals surface area (Å²) in [6.07, 6.45) is 4.57. The number of hydrogen-bond donors (Lipinski definition) is 0. The molecule has 0 unspecified atom stereocenters. The average Bonchev–Trinajstić information content (AvgIpc) is 2.48. The number of aryl methyl sites for hydroxylation is 1. The Balaban J connectivity index is 1.71. The minimum atomic E-state index is -0.290. The highest BCUT2D eigenvalue weighted by atomic mass is 19.1. The number of ether oxygens (including phenoxy) is 1. The van der Waals surface area contributed by atoms with Gasteiger partial charge in [-0.2, -0.15) is 0 Å². The lowest BCUT2D eigenvalue weighted by Crippen LogP contribution is -1.99. The number of rotatable bonds is 7. The fourth-order valence-electron chi connectivity index (χ4n) is 2.03. The molecule has 1 nitrogen and oxygen atoms in total. The summed E-state index contributed by atoms with van der Waals surface area (Å²) >= 11 is 0. The first kappa shape index (κ1) is 14.3. The van der Waals surface area contributed by atoms with Crippen LogP contribution in [0.2, 0.25) is 0 Å². The topological polar surface area (TPSA) is 9.23 Å². The molecule has 2 aromatic rings. The quantitative estimate of drug-likeness (QED) is 0.652. The van der Waals surface area contributed by atoms with Crippen LogP contribution in [0.15, 0.2) is 55.1 Å². The second kappa shape index (κ2) is 7.49. The van der Waals surface area contributed by atoms with Gasteiger partial charge in [0.05, 0.1) is 6.61 Å². The van der Waals surface area contributed by atoms with Crippen molar-refractivity contribution >= 4 is 6.08 Å². The minimum absolute atomic E-state index is 0.290. The first-order chi connectivity index (χ1) is 9.79. The molecule has 0 spiro atoms. The van der Waals surface area contributed by atoms with E-state index in [-0.39, 0.29) is 5.82 Å². The fourth-order valence-corrected chi connectivity index (χ4v) is 2.03. The predicted octanol–water partition coefficient (Wildman–Crippen LogP) is 4.87. The molecule has 0 bridgehead atoms. The molecule has 0 aliphatic rings. The van der Waals surface area contributed by atoms with Crippen molar-refractivity contribution in [2.24, 2.45) is 0 Å². The summed E-state index contributed by atoms with van der Waals surface area (Å²) < 4.78 is 19.0. The highest BCUT2D eigenvalue weighted by Crippen LogP contribution is 2.17. The van der Waals surface area contributed by atoms with E-state index in [4.69, 9.17) is 4.74 Å². The Bertz CT molecular complexity index is 549. The maximum atomic E-state index is 13.5. The molecule has 20 heavy (non-hydrogen) atoms. The van der Waals surface area contributed by atoms with Gasteiger partial charge in [-0.15, -0.1) is 0 Å². The van der Waals surface area contributed by atoms with Crippen LogP contribution in [0.4, 0.5) is 4.39 Å². The molecule has 0 heterocycles. The van der Waals surface area contributed by atoms with Gasteiger partial charge < -0.3 is 4.74 Å². The second-order valence-corrected chi connectivity index (χ2v) is 4.68. The molecule has 104 valence electrons. The minimum Gasteiger partial charge on any atom is -0.493 e. The van der Waals surface area contributed by atoms with Crippen LogP contribution in [-0.2, 0) is 6.42 Å². The molecule has 0 aliphatic carbocycles. The third kappa shape index (κ3) is 4.23. The van der Waals surface area contributed by atoms with Gasteiger partial charge in [0.1, 0.15) is 11.6 Å². The fraction of sp³-hybridized carbons (Fsp3) is 0.222. The zero-order valence-corrected chi connectivity index (χ0v) is 11.5. The van der Waals surface area contributed by atoms with Gasteiger partial charge in [0.15, 0.2) is 0 Å². The normalized spacial score (nSPS) is 10.2. The van der Waals surface area contributed by atoms with Crippen LogP contribution < -0.4 is 4.74 Å². The molecular formula is C18H19FO. The van der Waals surface area contributed by atoms with Crippen LogP contribution in [0.5, 0.6) is 5.75 Å². The van der Waals surface area contributed by atoms with Crippen LogP contribution in [-0.4, -0.2) is 6.61 Å². The van der Waals surface area contributed by atoms with Crippen molar-refractivity contribution in [3.05, 3.63) is 72.1 Å². The summed E-state index contributed by atoms with van der Waals surface area (Å²) in [5.74, 6) is 0.287. The van der Waals surface area contributed by atoms with Crippen molar-refractivity contribution in [2.45, 2.75) is 19.3 Å². The lowest BCUT2D eigenvalue weighted by atomic mass is 10.1. The van der Waals surface area contributed by atoms with Gasteiger partial charge in [-0.3, -0.25) is 0 Å². The molecular weight excluding hydrogens is 251 g/mol. The van der Waals surface area contributed by atoms with Gasteiger partial charge in [0, 0.05) is 11.6 Å². The molecule has 0 radical (unpaired) electrons. The molecule has 0 saturated carbocycles. The standard InChI is InChI=1S/C18H19FO/c1-2-16-11-12-17(14-18(16)19)20-13-7-6-10-15-8-4-3-5-9-15/h2-5,8-9,11-12,14H,1,6-7,10,13H2. The highest BCUT2D eigenvalue weighted by molar-refractivity contribution is 5.49. The van der Waals surface area contributed by atoms with Gasteiger partial charge in [-0.05, 0) is 37.0 Å². The molecule has 0 saturated heterocycles. The van der Waals surface area contributed by atoms with Gasteiger partial charge in [-0.25, -0.2) is 4.39 Å². The Morgan fingerprint density at radius 1 is 1.05 bits per heavy atom. The molecule has 0 N–H and O–H groups in total. The van der Waals surface area contributed by atoms with E-state index >= 15 is 0 Å². The van der Waals surface area contributed by atoms with E-state index in [0.717, 1.165) is 19.3 Å². The summed E-state index contributed by atoms with van der Waals surface area (Å²) in [5, 5.41) is 0. The summed E-state index contributed by atoms with van der Waals surface area (Å²) in [5.41, 5.74) is 1.84. The molecule has 0 aromatic heterocycles. The van der Waals surface area contributed by atoms with Crippen molar-refractivity contribution in [1.29, 1.82) is 0 Å². The maximum Gasteiger partial charge on any atom is 0.134 e. The molecule has 2 rings (SSSR count). The Morgan fingerprint density at radius 2 is 1.85 bits per heavy atom. The van der Waals surface area contributed by atoms with Crippen molar-refractivity contribution in [1.82, 2.24) is 0 Å². The zero-order chi connectivity index (χ0) is 14.2. The Labute approximate surface area is 119 Å². The van der Waals surface area contributed by atoms with Crippen molar-refractivity contribution in [3.8, 4) is 5.75 Å². The Morgan fingerprint density at radius 3 is 2.55 bits per heavy atom. The highest BCUT2D eigenvalue weighted by Gasteiger charge is 2.01. The van der Waals surface area contributed by atoms with Crippen LogP contribution in [0.3, 0.4) is 0 Å². The van der Waals surface area contributed by atoms with Crippen LogP contribution in [0.25, 0.3) is 6.08 Å². The van der Waals surface area contributed by atoms with Crippen LogP contribution in [0, 0.1) is 5.82 Å². The smallest absolute Gasteiger partial charge is 0.134 e. The number of unbranched alkanes of at least 4 members (excludes halogenated alkanes) is 1. The SMILES string of the molecule is C=Cc1ccc(OCCCCc2ccccc2)cc1F. The Kier molecular flexibility index (Phi) is 5.36. The van der Waals surface area contributed by atoms with E-state index in [1.807, 2.05) is 6.07 Å². The lowest BCUT2D eigenvalue weighted by Gasteiger charge is -2.07. The maximum absolute atomic E-state index is 13.5. The first-order valence-electron chi connectivity index (χ1n) is 6.88. The molecule has 0 atom stereocenters. The summed E-state index contributed by atoms with van der Waals surface area (Å²) in [6.45, 7) is 4.17. The third-order valence-electron chi connectivity index (χ3n) is 3.16. The van der Waals surface area contributed by atoms with E-state index < -0.39 is 0 Å². The number of halogens is 1. The third-order valence-corrected chi connectivity index (χ3v) is 3.16. The van der Waals surface area contributed by atoms with Gasteiger partial charge >= 0.3 is 0 Å². The summed E-state index contributed by atoms with van der Waals surface area (Å²) in [6, 6.07) is 15.3. The lowest BCUT2D eigenvalue weighted by molar-refractivity contribution is 0.305. The summed E-state index contributed by atoms with van der Waals surface area (Å²) in [4.78, 5) is 0. The van der Waals surface area contributed by atoms with Crippen molar-refractivity contribution < 1.29 is 9.13 Å². The molecule has 0 aliphatic heterocycles. The van der Waals surface area contributed by atoms with Crippen molar-refractivity contribution in [2.75, 3.05) is 6.61 Å². The zero-order valence-electron chi connectivity index (χ0n) is 11.5. The second-order valence-electron chi connectivity index (χ2n) is 4.68. The molecule has 2 aromatic carbocycles. The summed E-state index contributed by atoms with van der Waals surface area (Å²) in [7, 11) is 0. The van der Waals surface area contributed by atoms with Gasteiger partial charge in [-0.1, -0.05) is 43.0 Å². The van der Waals surface area contributed by atoms with Crippen LogP contribution >= 0.6 is 0 Å². The van der Waals surface area contributed by atoms with Crippen LogP contribution in [0.1, 0.15) is 24.0 Å². The molecule has 2 heteroatoms. The van der Waals surface area contributed by atoms with E-state index in [1.54, 1.807) is 12.1 Å². The van der Waals surface area contributed by atoms with Gasteiger partial charge in [0.2, 0.25) is 0 Å².